The van der Waals surface area contributed by atoms with E-state index in [4.69, 9.17) is 4.74 Å². The number of benzene rings is 2. The predicted octanol–water partition coefficient (Wildman–Crippen LogP) is 3.61. The minimum Gasteiger partial charge on any atom is -0.457 e. The number of rotatable bonds is 8. The van der Waals surface area contributed by atoms with E-state index in [9.17, 15) is 23.0 Å². The van der Waals surface area contributed by atoms with Gasteiger partial charge in [-0.1, -0.05) is 0 Å². The van der Waals surface area contributed by atoms with Gasteiger partial charge in [0, 0.05) is 5.56 Å². The fourth-order valence-corrected chi connectivity index (χ4v) is 4.31. The van der Waals surface area contributed by atoms with Gasteiger partial charge in [-0.25, -0.2) is 17.8 Å². The maximum Gasteiger partial charge on any atom is 0.236 e. The number of nitrogens with zero attached hydrogens (tertiary/aromatic N) is 1. The predicted molar refractivity (Wildman–Crippen MR) is 114 cm³/mol. The van der Waals surface area contributed by atoms with Crippen molar-refractivity contribution < 1.29 is 27.8 Å². The van der Waals surface area contributed by atoms with Crippen LogP contribution in [0, 0.1) is 5.82 Å². The summed E-state index contributed by atoms with van der Waals surface area (Å²) in [6, 6.07) is 15.5. The monoisotopic (exact) mass is 444 g/mol. The molecule has 0 aliphatic heterocycles. The summed E-state index contributed by atoms with van der Waals surface area (Å²) in [5.74, 6) is 0.735. The van der Waals surface area contributed by atoms with Crippen LogP contribution in [0.1, 0.15) is 24.5 Å². The van der Waals surface area contributed by atoms with E-state index in [0.717, 1.165) is 0 Å². The summed E-state index contributed by atoms with van der Waals surface area (Å²) in [7, 11) is -3.54. The normalized spacial score (nSPS) is 14.8. The Morgan fingerprint density at radius 3 is 2.26 bits per heavy atom. The Bertz CT molecular complexity index is 1160. The second-order valence-electron chi connectivity index (χ2n) is 7.30. The second kappa shape index (κ2) is 8.62. The molecular weight excluding hydrogens is 423 g/mol. The Hall–Kier alpha value is -3.01. The fraction of sp³-hybridized carbons (Fsp3) is 0.227. The largest absolute Gasteiger partial charge is 0.457 e. The lowest BCUT2D eigenvalue weighted by Gasteiger charge is -2.14. The van der Waals surface area contributed by atoms with Gasteiger partial charge in [-0.05, 0) is 79.1 Å². The van der Waals surface area contributed by atoms with Crippen LogP contribution in [0.25, 0.3) is 11.3 Å². The van der Waals surface area contributed by atoms with E-state index in [2.05, 4.69) is 9.71 Å². The highest BCUT2D eigenvalue weighted by atomic mass is 32.2. The van der Waals surface area contributed by atoms with Crippen LogP contribution in [0.15, 0.2) is 60.7 Å². The SMILES string of the molecule is O=S(=O)(Nc1cc(C(O)CO)cc(-c2ccc(Oc3ccc(F)cc3)cc2)n1)C1CC1. The van der Waals surface area contributed by atoms with Gasteiger partial charge in [0.25, 0.3) is 0 Å². The smallest absolute Gasteiger partial charge is 0.236 e. The van der Waals surface area contributed by atoms with Crippen molar-refractivity contribution in [2.24, 2.45) is 0 Å². The molecule has 1 aliphatic rings. The number of ether oxygens (including phenoxy) is 1. The number of aromatic nitrogens is 1. The highest BCUT2D eigenvalue weighted by molar-refractivity contribution is 7.93. The van der Waals surface area contributed by atoms with E-state index in [1.54, 1.807) is 30.3 Å². The molecule has 7 nitrogen and oxygen atoms in total. The van der Waals surface area contributed by atoms with Crippen molar-refractivity contribution in [3.05, 3.63) is 72.0 Å². The first-order chi connectivity index (χ1) is 14.8. The molecule has 0 radical (unpaired) electrons. The van der Waals surface area contributed by atoms with Crippen LogP contribution in [-0.2, 0) is 10.0 Å². The van der Waals surface area contributed by atoms with E-state index < -0.39 is 28.0 Å². The van der Waals surface area contributed by atoms with E-state index in [1.807, 2.05) is 0 Å². The van der Waals surface area contributed by atoms with E-state index in [0.29, 0.717) is 41.2 Å². The zero-order chi connectivity index (χ0) is 22.0. The van der Waals surface area contributed by atoms with Crippen molar-refractivity contribution >= 4 is 15.8 Å². The van der Waals surface area contributed by atoms with Crippen LogP contribution in [0.2, 0.25) is 0 Å². The quantitative estimate of drug-likeness (QED) is 0.490. The first kappa shape index (κ1) is 21.2. The van der Waals surface area contributed by atoms with E-state index >= 15 is 0 Å². The number of sulfonamides is 1. The van der Waals surface area contributed by atoms with Gasteiger partial charge < -0.3 is 14.9 Å². The molecule has 162 valence electrons. The molecule has 3 N–H and O–H groups in total. The molecular formula is C22H21FN2O5S. The maximum absolute atomic E-state index is 13.0. The third-order valence-corrected chi connectivity index (χ3v) is 6.66. The molecule has 1 aliphatic carbocycles. The molecule has 31 heavy (non-hydrogen) atoms. The van der Waals surface area contributed by atoms with Crippen molar-refractivity contribution in [2.75, 3.05) is 11.3 Å². The fourth-order valence-electron chi connectivity index (χ4n) is 2.99. The van der Waals surface area contributed by atoms with Gasteiger partial charge in [-0.3, -0.25) is 4.72 Å². The highest BCUT2D eigenvalue weighted by Crippen LogP contribution is 2.32. The first-order valence-corrected chi connectivity index (χ1v) is 11.2. The third kappa shape index (κ3) is 5.19. The lowest BCUT2D eigenvalue weighted by Crippen LogP contribution is -2.18. The number of hydrogen-bond acceptors (Lipinski definition) is 6. The van der Waals surface area contributed by atoms with Gasteiger partial charge in [0.05, 0.1) is 17.6 Å². The summed E-state index contributed by atoms with van der Waals surface area (Å²) < 4.78 is 45.8. The standard InChI is InChI=1S/C22H21FN2O5S/c23-16-3-7-18(8-4-16)30-17-5-1-14(2-6-17)20-11-15(21(27)13-26)12-22(24-20)25-31(28,29)19-9-10-19/h1-8,11-12,19,21,26-27H,9-10,13H2,(H,24,25). The molecule has 1 aromatic heterocycles. The molecule has 0 spiro atoms. The van der Waals surface area contributed by atoms with Crippen LogP contribution in [-0.4, -0.2) is 35.5 Å². The van der Waals surface area contributed by atoms with Gasteiger partial charge in [0.2, 0.25) is 10.0 Å². The lowest BCUT2D eigenvalue weighted by atomic mass is 10.1. The molecule has 1 fully saturated rings. The first-order valence-electron chi connectivity index (χ1n) is 9.70. The molecule has 0 saturated heterocycles. The molecule has 1 heterocycles. The average Bonchev–Trinajstić information content (AvgIpc) is 3.61. The molecule has 3 aromatic rings. The van der Waals surface area contributed by atoms with Crippen LogP contribution < -0.4 is 9.46 Å². The van der Waals surface area contributed by atoms with Gasteiger partial charge in [-0.15, -0.1) is 0 Å². The zero-order valence-electron chi connectivity index (χ0n) is 16.4. The Labute approximate surface area is 179 Å². The summed E-state index contributed by atoms with van der Waals surface area (Å²) in [5.41, 5.74) is 1.42. The Kier molecular flexibility index (Phi) is 5.90. The number of halogens is 1. The average molecular weight is 444 g/mol. The Morgan fingerprint density at radius 1 is 1.06 bits per heavy atom. The van der Waals surface area contributed by atoms with Crippen LogP contribution in [0.3, 0.4) is 0 Å². The molecule has 4 rings (SSSR count). The van der Waals surface area contributed by atoms with Gasteiger partial charge in [0.1, 0.15) is 29.2 Å². The van der Waals surface area contributed by atoms with Gasteiger partial charge in [0.15, 0.2) is 0 Å². The number of anilines is 1. The van der Waals surface area contributed by atoms with Gasteiger partial charge in [-0.2, -0.15) is 0 Å². The number of pyridine rings is 1. The highest BCUT2D eigenvalue weighted by Gasteiger charge is 2.36. The summed E-state index contributed by atoms with van der Waals surface area (Å²) in [5, 5.41) is 19.0. The minimum absolute atomic E-state index is 0.0820. The van der Waals surface area contributed by atoms with Crippen LogP contribution in [0.5, 0.6) is 11.5 Å². The molecule has 1 unspecified atom stereocenters. The molecule has 1 atom stereocenters. The minimum atomic E-state index is -3.54. The number of nitrogens with one attached hydrogen (secondary N) is 1. The maximum atomic E-state index is 13.0. The molecule has 0 amide bonds. The lowest BCUT2D eigenvalue weighted by molar-refractivity contribution is 0.0956. The molecule has 2 aromatic carbocycles. The number of aliphatic hydroxyl groups excluding tert-OH is 2. The molecule has 9 heteroatoms. The molecule has 1 saturated carbocycles. The summed E-state index contributed by atoms with van der Waals surface area (Å²) in [6.07, 6.45) is 0.0415. The van der Waals surface area contributed by atoms with Crippen molar-refractivity contribution in [3.63, 3.8) is 0 Å². The second-order valence-corrected chi connectivity index (χ2v) is 9.26. The Balaban J connectivity index is 1.61. The van der Waals surface area contributed by atoms with Crippen molar-refractivity contribution in [1.82, 2.24) is 4.98 Å². The van der Waals surface area contributed by atoms with E-state index in [-0.39, 0.29) is 11.6 Å². The number of aliphatic hydroxyl groups is 2. The van der Waals surface area contributed by atoms with Crippen LogP contribution >= 0.6 is 0 Å². The van der Waals surface area contributed by atoms with Crippen LogP contribution in [0.4, 0.5) is 10.2 Å². The Morgan fingerprint density at radius 2 is 1.68 bits per heavy atom. The van der Waals surface area contributed by atoms with Crippen molar-refractivity contribution in [3.8, 4) is 22.8 Å². The van der Waals surface area contributed by atoms with Crippen molar-refractivity contribution in [1.29, 1.82) is 0 Å². The van der Waals surface area contributed by atoms with E-state index in [1.165, 1.54) is 30.3 Å². The summed E-state index contributed by atoms with van der Waals surface area (Å²) in [4.78, 5) is 4.37. The zero-order valence-corrected chi connectivity index (χ0v) is 17.2. The van der Waals surface area contributed by atoms with Gasteiger partial charge >= 0.3 is 0 Å². The molecule has 0 bridgehead atoms. The topological polar surface area (TPSA) is 109 Å². The number of hydrogen-bond donors (Lipinski definition) is 3. The summed E-state index contributed by atoms with van der Waals surface area (Å²) >= 11 is 0. The third-order valence-electron chi connectivity index (χ3n) is 4.81. The van der Waals surface area contributed by atoms with Crippen molar-refractivity contribution in [2.45, 2.75) is 24.2 Å². The summed E-state index contributed by atoms with van der Waals surface area (Å²) in [6.45, 7) is -0.511.